The van der Waals surface area contributed by atoms with Gasteiger partial charge in [0.05, 0.1) is 17.3 Å². The number of anilines is 1. The van der Waals surface area contributed by atoms with Crippen LogP contribution in [0.1, 0.15) is 45.4 Å². The number of halogens is 1. The van der Waals surface area contributed by atoms with Gasteiger partial charge in [-0.2, -0.15) is 5.10 Å². The first-order valence-corrected chi connectivity index (χ1v) is 12.4. The number of fused-ring (bicyclic) bond motifs is 1. The second-order valence-electron chi connectivity index (χ2n) is 9.61. The Morgan fingerprint density at radius 3 is 2.61 bits per heavy atom. The zero-order valence-electron chi connectivity index (χ0n) is 19.4. The Hall–Kier alpha value is -2.67. The summed E-state index contributed by atoms with van der Waals surface area (Å²) in [7, 11) is 0. The van der Waals surface area contributed by atoms with Gasteiger partial charge in [0.15, 0.2) is 5.65 Å². The van der Waals surface area contributed by atoms with Gasteiger partial charge in [-0.25, -0.2) is 14.6 Å². The van der Waals surface area contributed by atoms with Crippen LogP contribution in [-0.2, 0) is 11.2 Å². The van der Waals surface area contributed by atoms with Crippen molar-refractivity contribution in [3.05, 3.63) is 41.3 Å². The number of hydrogen-bond donors (Lipinski definition) is 0. The summed E-state index contributed by atoms with van der Waals surface area (Å²) in [6.45, 7) is 7.46. The van der Waals surface area contributed by atoms with Crippen molar-refractivity contribution in [1.82, 2.24) is 24.6 Å². The van der Waals surface area contributed by atoms with Gasteiger partial charge in [0, 0.05) is 43.5 Å². The summed E-state index contributed by atoms with van der Waals surface area (Å²) in [4.78, 5) is 26.9. The molecule has 2 aliphatic rings. The molecule has 33 heavy (non-hydrogen) atoms. The van der Waals surface area contributed by atoms with Crippen LogP contribution in [0.4, 0.5) is 5.82 Å². The van der Waals surface area contributed by atoms with Crippen molar-refractivity contribution < 1.29 is 4.79 Å². The Balaban J connectivity index is 1.46. The minimum Gasteiger partial charge on any atom is -0.352 e. The van der Waals surface area contributed by atoms with Crippen LogP contribution in [0.15, 0.2) is 30.5 Å². The van der Waals surface area contributed by atoms with Crippen molar-refractivity contribution in [2.45, 2.75) is 46.0 Å². The molecule has 0 N–H and O–H groups in total. The molecule has 0 radical (unpaired) electrons. The Kier molecular flexibility index (Phi) is 6.23. The summed E-state index contributed by atoms with van der Waals surface area (Å²) < 4.78 is 1.85. The monoisotopic (exact) mass is 466 g/mol. The van der Waals surface area contributed by atoms with Crippen molar-refractivity contribution in [2.75, 3.05) is 31.1 Å². The molecule has 1 aromatic carbocycles. The minimum absolute atomic E-state index is 0.251. The smallest absolute Gasteiger partial charge is 0.225 e. The Bertz CT molecular complexity index is 1150. The summed E-state index contributed by atoms with van der Waals surface area (Å²) in [6.07, 6.45) is 6.98. The van der Waals surface area contributed by atoms with Gasteiger partial charge in [-0.15, -0.1) is 0 Å². The van der Waals surface area contributed by atoms with Crippen LogP contribution in [0.5, 0.6) is 0 Å². The zero-order chi connectivity index (χ0) is 22.9. The third-order valence-corrected chi connectivity index (χ3v) is 7.03. The molecular formula is C25H31ClN6O. The van der Waals surface area contributed by atoms with Crippen molar-refractivity contribution >= 4 is 34.4 Å². The van der Waals surface area contributed by atoms with E-state index in [1.54, 1.807) is 0 Å². The molecular weight excluding hydrogens is 436 g/mol. The van der Waals surface area contributed by atoms with E-state index in [9.17, 15) is 4.79 Å². The molecule has 1 aliphatic heterocycles. The van der Waals surface area contributed by atoms with Gasteiger partial charge >= 0.3 is 0 Å². The van der Waals surface area contributed by atoms with Gasteiger partial charge in [0.2, 0.25) is 5.91 Å². The maximum atomic E-state index is 12.7. The van der Waals surface area contributed by atoms with Crippen LogP contribution < -0.4 is 4.90 Å². The Morgan fingerprint density at radius 1 is 1.15 bits per heavy atom. The van der Waals surface area contributed by atoms with Crippen LogP contribution in [0.2, 0.25) is 5.02 Å². The first kappa shape index (κ1) is 22.1. The Morgan fingerprint density at radius 2 is 1.94 bits per heavy atom. The van der Waals surface area contributed by atoms with E-state index in [0.29, 0.717) is 16.8 Å². The molecule has 2 aromatic heterocycles. The fourth-order valence-corrected chi connectivity index (χ4v) is 4.74. The van der Waals surface area contributed by atoms with Crippen molar-refractivity contribution in [2.24, 2.45) is 11.8 Å². The largest absolute Gasteiger partial charge is 0.352 e. The standard InChI is InChI=1S/C25H31ClN6O/c1-17(2)9-10-22-28-23(30-11-13-31(14-12-30)25(33)18-5-3-6-18)21-16-27-32(24(21)29-22)20-8-4-7-19(26)15-20/h4,7-8,15-18H,3,5-6,9-14H2,1-2H3. The van der Waals surface area contributed by atoms with E-state index < -0.39 is 0 Å². The normalized spacial score (nSPS) is 17.1. The molecule has 7 nitrogen and oxygen atoms in total. The van der Waals surface area contributed by atoms with Gasteiger partial charge in [0.25, 0.3) is 0 Å². The van der Waals surface area contributed by atoms with Gasteiger partial charge in [-0.3, -0.25) is 4.79 Å². The quantitative estimate of drug-likeness (QED) is 0.534. The minimum atomic E-state index is 0.251. The fourth-order valence-electron chi connectivity index (χ4n) is 4.56. The molecule has 1 aliphatic carbocycles. The summed E-state index contributed by atoms with van der Waals surface area (Å²) >= 11 is 6.24. The molecule has 3 aromatic rings. The van der Waals surface area contributed by atoms with Gasteiger partial charge in [0.1, 0.15) is 11.6 Å². The van der Waals surface area contributed by atoms with E-state index in [4.69, 9.17) is 21.6 Å². The highest BCUT2D eigenvalue weighted by Crippen LogP contribution is 2.30. The number of benzene rings is 1. The van der Waals surface area contributed by atoms with Gasteiger partial charge in [-0.05, 0) is 43.4 Å². The number of piperazine rings is 1. The molecule has 0 unspecified atom stereocenters. The number of nitrogens with zero attached hydrogens (tertiary/aromatic N) is 6. The topological polar surface area (TPSA) is 67.2 Å². The molecule has 1 amide bonds. The SMILES string of the molecule is CC(C)CCc1nc(N2CCN(C(=O)C3CCC3)CC2)c2cnn(-c3cccc(Cl)c3)c2n1. The molecule has 8 heteroatoms. The van der Waals surface area contributed by atoms with E-state index >= 15 is 0 Å². The molecule has 3 heterocycles. The molecule has 1 saturated heterocycles. The second kappa shape index (κ2) is 9.29. The number of carbonyl (C=O) groups excluding carboxylic acids is 1. The predicted octanol–water partition coefficient (Wildman–Crippen LogP) is 4.51. The molecule has 2 fully saturated rings. The first-order chi connectivity index (χ1) is 16.0. The molecule has 0 bridgehead atoms. The number of hydrogen-bond acceptors (Lipinski definition) is 5. The van der Waals surface area contributed by atoms with E-state index in [1.807, 2.05) is 40.0 Å². The van der Waals surface area contributed by atoms with Crippen molar-refractivity contribution in [1.29, 1.82) is 0 Å². The fraction of sp³-hybridized carbons (Fsp3) is 0.520. The van der Waals surface area contributed by atoms with Gasteiger partial charge in [-0.1, -0.05) is 37.9 Å². The van der Waals surface area contributed by atoms with Crippen LogP contribution in [0, 0.1) is 11.8 Å². The summed E-state index contributed by atoms with van der Waals surface area (Å²) in [5.74, 6) is 2.92. The lowest BCUT2D eigenvalue weighted by Gasteiger charge is -2.38. The van der Waals surface area contributed by atoms with Gasteiger partial charge < -0.3 is 9.80 Å². The van der Waals surface area contributed by atoms with E-state index in [2.05, 4.69) is 23.8 Å². The number of carbonyl (C=O) groups is 1. The lowest BCUT2D eigenvalue weighted by molar-refractivity contribution is -0.138. The average molecular weight is 467 g/mol. The molecule has 174 valence electrons. The van der Waals surface area contributed by atoms with E-state index in [-0.39, 0.29) is 5.92 Å². The lowest BCUT2D eigenvalue weighted by Crippen LogP contribution is -2.51. The summed E-state index contributed by atoms with van der Waals surface area (Å²) in [5, 5.41) is 6.24. The molecule has 5 rings (SSSR count). The number of amides is 1. The summed E-state index contributed by atoms with van der Waals surface area (Å²) in [6, 6.07) is 7.66. The maximum Gasteiger partial charge on any atom is 0.225 e. The number of rotatable bonds is 6. The highest BCUT2D eigenvalue weighted by atomic mass is 35.5. The lowest BCUT2D eigenvalue weighted by atomic mass is 9.84. The third kappa shape index (κ3) is 4.56. The highest BCUT2D eigenvalue weighted by molar-refractivity contribution is 6.30. The third-order valence-electron chi connectivity index (χ3n) is 6.80. The van der Waals surface area contributed by atoms with Crippen molar-refractivity contribution in [3.63, 3.8) is 0 Å². The van der Waals surface area contributed by atoms with Crippen LogP contribution in [0.3, 0.4) is 0 Å². The first-order valence-electron chi connectivity index (χ1n) is 12.0. The molecule has 0 atom stereocenters. The summed E-state index contributed by atoms with van der Waals surface area (Å²) in [5.41, 5.74) is 1.68. The van der Waals surface area contributed by atoms with Crippen LogP contribution in [0.25, 0.3) is 16.7 Å². The number of aromatic nitrogens is 4. The second-order valence-corrected chi connectivity index (χ2v) is 10.0. The Labute approximate surface area is 199 Å². The van der Waals surface area contributed by atoms with Crippen LogP contribution in [-0.4, -0.2) is 56.7 Å². The van der Waals surface area contributed by atoms with E-state index in [1.165, 1.54) is 6.42 Å². The van der Waals surface area contributed by atoms with E-state index in [0.717, 1.165) is 80.2 Å². The molecule has 0 spiro atoms. The maximum absolute atomic E-state index is 12.7. The zero-order valence-corrected chi connectivity index (χ0v) is 20.1. The van der Waals surface area contributed by atoms with Crippen LogP contribution >= 0.6 is 11.6 Å². The highest BCUT2D eigenvalue weighted by Gasteiger charge is 2.32. The predicted molar refractivity (Wildman–Crippen MR) is 131 cm³/mol. The number of aryl methyl sites for hydroxylation is 1. The van der Waals surface area contributed by atoms with Crippen molar-refractivity contribution in [3.8, 4) is 5.69 Å². The average Bonchev–Trinajstić information content (AvgIpc) is 3.20. The molecule has 1 saturated carbocycles.